The maximum atomic E-state index is 12.1. The number of nitrogens with zero attached hydrogens (tertiary/aromatic N) is 4. The number of benzene rings is 1. The van der Waals surface area contributed by atoms with Gasteiger partial charge in [0, 0.05) is 24.3 Å². The van der Waals surface area contributed by atoms with E-state index in [9.17, 15) is 10.0 Å². The third-order valence-electron chi connectivity index (χ3n) is 4.04. The van der Waals surface area contributed by atoms with Crippen LogP contribution in [0.3, 0.4) is 0 Å². The molecule has 0 atom stereocenters. The molecule has 9 heteroatoms. The lowest BCUT2D eigenvalue weighted by atomic mass is 10.2. The molecule has 3 heterocycles. The van der Waals surface area contributed by atoms with Crippen molar-refractivity contribution < 1.29 is 4.79 Å². The fraction of sp³-hybridized carbons (Fsp3) is 0.0526. The highest BCUT2D eigenvalue weighted by Gasteiger charge is 2.10. The standard InChI is InChI=1S/C19H15ClN5O2S/c20-18-8-7-17(28-18)19(26)21-11-14-12-23(13-22-14)15-3-5-16(6-4-15)24-9-1-2-10-25(24)27/h1-10,12-13H,11H2,(H,21,26)/q-1. The van der Waals surface area contributed by atoms with Crippen molar-refractivity contribution in [3.63, 3.8) is 0 Å². The molecule has 3 aromatic rings. The van der Waals surface area contributed by atoms with Crippen LogP contribution >= 0.6 is 22.9 Å². The number of hydroxylamine groups is 1. The minimum absolute atomic E-state index is 0.179. The Morgan fingerprint density at radius 3 is 2.57 bits per heavy atom. The highest BCUT2D eigenvalue weighted by Crippen LogP contribution is 2.22. The molecule has 0 unspecified atom stereocenters. The average Bonchev–Trinajstić information content (AvgIpc) is 3.36. The summed E-state index contributed by atoms with van der Waals surface area (Å²) in [6, 6.07) is 10.9. The minimum Gasteiger partial charge on any atom is -0.739 e. The van der Waals surface area contributed by atoms with Crippen molar-refractivity contribution in [2.45, 2.75) is 6.54 Å². The molecule has 0 saturated heterocycles. The third-order valence-corrected chi connectivity index (χ3v) is 5.27. The van der Waals surface area contributed by atoms with Gasteiger partial charge in [0.15, 0.2) is 0 Å². The number of allylic oxidation sites excluding steroid dienone is 2. The van der Waals surface area contributed by atoms with Crippen molar-refractivity contribution in [2.24, 2.45) is 0 Å². The van der Waals surface area contributed by atoms with E-state index in [2.05, 4.69) is 10.3 Å². The first-order valence-corrected chi connectivity index (χ1v) is 9.57. The van der Waals surface area contributed by atoms with Crippen LogP contribution in [0.4, 0.5) is 5.69 Å². The Balaban J connectivity index is 1.40. The molecule has 142 valence electrons. The van der Waals surface area contributed by atoms with E-state index in [0.29, 0.717) is 15.8 Å². The molecule has 0 saturated carbocycles. The molecule has 4 rings (SSSR count). The normalized spacial score (nSPS) is 13.2. The lowest BCUT2D eigenvalue weighted by Crippen LogP contribution is -2.31. The Morgan fingerprint density at radius 1 is 1.11 bits per heavy atom. The molecule has 0 radical (unpaired) electrons. The highest BCUT2D eigenvalue weighted by atomic mass is 35.5. The van der Waals surface area contributed by atoms with E-state index < -0.39 is 0 Å². The van der Waals surface area contributed by atoms with Crippen molar-refractivity contribution in [3.05, 3.63) is 93.6 Å². The van der Waals surface area contributed by atoms with Crippen LogP contribution in [-0.4, -0.2) is 20.6 Å². The second kappa shape index (κ2) is 7.89. The maximum absolute atomic E-state index is 12.1. The lowest BCUT2D eigenvalue weighted by molar-refractivity contribution is 0.0954. The predicted octanol–water partition coefficient (Wildman–Crippen LogP) is 4.08. The van der Waals surface area contributed by atoms with Gasteiger partial charge in [-0.15, -0.1) is 11.3 Å². The van der Waals surface area contributed by atoms with Gasteiger partial charge in [0.1, 0.15) is 0 Å². The molecular weight excluding hydrogens is 398 g/mol. The zero-order valence-corrected chi connectivity index (χ0v) is 16.1. The second-order valence-electron chi connectivity index (χ2n) is 5.91. The van der Waals surface area contributed by atoms with Crippen LogP contribution < -0.4 is 10.3 Å². The number of hydrazine groups is 1. The van der Waals surface area contributed by atoms with Gasteiger partial charge in [-0.3, -0.25) is 9.80 Å². The number of thiophene rings is 1. The molecule has 1 aliphatic heterocycles. The van der Waals surface area contributed by atoms with Crippen LogP contribution in [0.25, 0.3) is 5.69 Å². The van der Waals surface area contributed by atoms with Gasteiger partial charge < -0.3 is 20.3 Å². The molecule has 0 aliphatic carbocycles. The van der Waals surface area contributed by atoms with Gasteiger partial charge in [0.2, 0.25) is 0 Å². The number of nitrogens with one attached hydrogen (secondary N) is 1. The topological polar surface area (TPSA) is 76.5 Å². The molecule has 28 heavy (non-hydrogen) atoms. The lowest BCUT2D eigenvalue weighted by Gasteiger charge is -2.39. The number of imidazole rings is 1. The SMILES string of the molecule is O=C(NCc1cn(-c2ccc(N3C=CC=CN3[O-])cc2)cn1)c1ccc(Cl)s1. The zero-order valence-electron chi connectivity index (χ0n) is 14.5. The maximum Gasteiger partial charge on any atom is 0.261 e. The molecule has 1 aromatic carbocycles. The van der Waals surface area contributed by atoms with Gasteiger partial charge >= 0.3 is 0 Å². The first-order valence-electron chi connectivity index (χ1n) is 8.37. The van der Waals surface area contributed by atoms with Gasteiger partial charge in [-0.2, -0.15) is 0 Å². The summed E-state index contributed by atoms with van der Waals surface area (Å²) >= 11 is 7.09. The Bertz CT molecular complexity index is 1040. The van der Waals surface area contributed by atoms with Gasteiger partial charge in [-0.1, -0.05) is 11.6 Å². The van der Waals surface area contributed by atoms with Gasteiger partial charge in [-0.25, -0.2) is 4.98 Å². The molecule has 1 amide bonds. The number of hydrogen-bond donors (Lipinski definition) is 1. The predicted molar refractivity (Wildman–Crippen MR) is 110 cm³/mol. The monoisotopic (exact) mass is 412 g/mol. The second-order valence-corrected chi connectivity index (χ2v) is 7.62. The summed E-state index contributed by atoms with van der Waals surface area (Å²) in [5, 5.41) is 16.9. The van der Waals surface area contributed by atoms with Crippen molar-refractivity contribution >= 4 is 34.5 Å². The summed E-state index contributed by atoms with van der Waals surface area (Å²) in [7, 11) is 0. The summed E-state index contributed by atoms with van der Waals surface area (Å²) in [5.41, 5.74) is 2.38. The molecule has 1 N–H and O–H groups in total. The zero-order chi connectivity index (χ0) is 19.5. The number of aromatic nitrogens is 2. The summed E-state index contributed by atoms with van der Waals surface area (Å²) in [5.74, 6) is -0.179. The highest BCUT2D eigenvalue weighted by molar-refractivity contribution is 7.17. The van der Waals surface area contributed by atoms with Crippen LogP contribution in [0.1, 0.15) is 15.4 Å². The van der Waals surface area contributed by atoms with E-state index >= 15 is 0 Å². The number of anilines is 1. The number of amides is 1. The fourth-order valence-corrected chi connectivity index (χ4v) is 3.62. The molecule has 2 aromatic heterocycles. The van der Waals surface area contributed by atoms with Crippen molar-refractivity contribution in [2.75, 3.05) is 5.01 Å². The average molecular weight is 413 g/mol. The van der Waals surface area contributed by atoms with E-state index in [1.165, 1.54) is 22.5 Å². The number of rotatable bonds is 5. The van der Waals surface area contributed by atoms with Crippen LogP contribution in [0.5, 0.6) is 0 Å². The molecular formula is C19H15ClN5O2S-. The Morgan fingerprint density at radius 2 is 1.86 bits per heavy atom. The first-order chi connectivity index (χ1) is 13.6. The number of carbonyl (C=O) groups excluding carboxylic acids is 1. The molecule has 0 fully saturated rings. The Kier molecular flexibility index (Phi) is 5.16. The molecule has 0 spiro atoms. The van der Waals surface area contributed by atoms with Gasteiger partial charge in [-0.05, 0) is 48.6 Å². The third kappa shape index (κ3) is 3.94. The van der Waals surface area contributed by atoms with E-state index in [1.807, 2.05) is 35.0 Å². The van der Waals surface area contributed by atoms with E-state index in [0.717, 1.165) is 22.2 Å². The molecule has 0 bridgehead atoms. The van der Waals surface area contributed by atoms with Gasteiger partial charge in [0.05, 0.1) is 33.5 Å². The van der Waals surface area contributed by atoms with Crippen LogP contribution in [0, 0.1) is 5.21 Å². The summed E-state index contributed by atoms with van der Waals surface area (Å²) in [6.45, 7) is 0.315. The molecule has 1 aliphatic rings. The smallest absolute Gasteiger partial charge is 0.261 e. The molecule has 7 nitrogen and oxygen atoms in total. The minimum atomic E-state index is -0.179. The van der Waals surface area contributed by atoms with Crippen molar-refractivity contribution in [1.82, 2.24) is 20.0 Å². The summed E-state index contributed by atoms with van der Waals surface area (Å²) < 4.78 is 2.43. The Labute approximate surface area is 170 Å². The first kappa shape index (κ1) is 18.3. The summed E-state index contributed by atoms with van der Waals surface area (Å²) in [6.07, 6.45) is 10.1. The fourth-order valence-electron chi connectivity index (χ4n) is 2.66. The van der Waals surface area contributed by atoms with E-state index in [-0.39, 0.29) is 5.91 Å². The van der Waals surface area contributed by atoms with Crippen molar-refractivity contribution in [3.8, 4) is 5.69 Å². The van der Waals surface area contributed by atoms with E-state index in [4.69, 9.17) is 11.6 Å². The van der Waals surface area contributed by atoms with Crippen LogP contribution in [0.2, 0.25) is 4.34 Å². The number of carbonyl (C=O) groups is 1. The van der Waals surface area contributed by atoms with Crippen molar-refractivity contribution in [1.29, 1.82) is 0 Å². The van der Waals surface area contributed by atoms with Crippen LogP contribution in [0.15, 0.2) is 73.5 Å². The largest absolute Gasteiger partial charge is 0.739 e. The van der Waals surface area contributed by atoms with Gasteiger partial charge in [0.25, 0.3) is 5.91 Å². The number of hydrogen-bond acceptors (Lipinski definition) is 6. The summed E-state index contributed by atoms with van der Waals surface area (Å²) in [4.78, 5) is 17.0. The quantitative estimate of drug-likeness (QED) is 0.683. The van der Waals surface area contributed by atoms with E-state index in [1.54, 1.807) is 36.8 Å². The Hall–Kier alpha value is -3.07. The number of halogens is 1. The van der Waals surface area contributed by atoms with Crippen LogP contribution in [-0.2, 0) is 6.54 Å².